The van der Waals surface area contributed by atoms with Crippen LogP contribution in [-0.4, -0.2) is 21.5 Å². The van der Waals surface area contributed by atoms with Gasteiger partial charge in [0.05, 0.1) is 34.4 Å². The zero-order chi connectivity index (χ0) is 29.8. The van der Waals surface area contributed by atoms with Crippen molar-refractivity contribution in [2.45, 2.75) is 62.7 Å². The first-order valence-electron chi connectivity index (χ1n) is 11.4. The van der Waals surface area contributed by atoms with Gasteiger partial charge in [-0.25, -0.2) is 0 Å². The molecule has 2 nitrogen and oxygen atoms in total. The fourth-order valence-corrected chi connectivity index (χ4v) is 5.11. The summed E-state index contributed by atoms with van der Waals surface area (Å²) in [5.41, 5.74) is -9.81. The lowest BCUT2D eigenvalue weighted by Crippen LogP contribution is -2.48. The molecule has 1 atom stereocenters. The molecule has 0 saturated carbocycles. The molecule has 0 radical (unpaired) electrons. The standard InChI is InChI=1S/C24H23F12NOSi/c1-39(2,3)38-13-20(14-7-15(21(25,26)27)9-16(8-14)22(28,29)30)5-4-6-37(20)19-11-17(23(31,32)33)10-18(12-19)24(34,35)36/h7-12H,4-6,13H2,1-3H3/t20-/m0/s1. The number of benzene rings is 2. The van der Waals surface area contributed by atoms with Gasteiger partial charge in [-0.1, -0.05) is 0 Å². The van der Waals surface area contributed by atoms with Crippen molar-refractivity contribution in [3.8, 4) is 0 Å². The van der Waals surface area contributed by atoms with Crippen molar-refractivity contribution in [2.75, 3.05) is 18.1 Å². The molecule has 15 heteroatoms. The van der Waals surface area contributed by atoms with Gasteiger partial charge in [0.1, 0.15) is 0 Å². The maximum absolute atomic E-state index is 13.7. The van der Waals surface area contributed by atoms with Gasteiger partial charge in [-0.05, 0) is 74.4 Å². The molecule has 1 fully saturated rings. The predicted octanol–water partition coefficient (Wildman–Crippen LogP) is 9.11. The van der Waals surface area contributed by atoms with E-state index >= 15 is 0 Å². The van der Waals surface area contributed by atoms with Crippen LogP contribution >= 0.6 is 0 Å². The molecule has 0 aliphatic carbocycles. The molecular weight excluding hydrogens is 574 g/mol. The average molecular weight is 598 g/mol. The molecule has 0 bridgehead atoms. The van der Waals surface area contributed by atoms with Crippen molar-refractivity contribution in [2.24, 2.45) is 0 Å². The number of nitrogens with zero attached hydrogens (tertiary/aromatic N) is 1. The molecule has 1 aliphatic heterocycles. The molecule has 1 aliphatic rings. The lowest BCUT2D eigenvalue weighted by atomic mass is 9.85. The Morgan fingerprint density at radius 1 is 0.667 bits per heavy atom. The third kappa shape index (κ3) is 7.02. The van der Waals surface area contributed by atoms with Gasteiger partial charge in [-0.3, -0.25) is 0 Å². The third-order valence-corrected chi connectivity index (χ3v) is 7.25. The molecular formula is C24H23F12NOSi. The van der Waals surface area contributed by atoms with Gasteiger partial charge in [0.25, 0.3) is 0 Å². The Kier molecular flexibility index (Phi) is 7.89. The smallest absolute Gasteiger partial charge is 0.415 e. The van der Waals surface area contributed by atoms with Gasteiger partial charge in [0, 0.05) is 12.2 Å². The molecule has 0 spiro atoms. The average Bonchev–Trinajstić information content (AvgIpc) is 3.19. The highest BCUT2D eigenvalue weighted by Crippen LogP contribution is 2.48. The summed E-state index contributed by atoms with van der Waals surface area (Å²) in [7, 11) is -2.55. The summed E-state index contributed by atoms with van der Waals surface area (Å²) < 4.78 is 169. The van der Waals surface area contributed by atoms with Gasteiger partial charge in [-0.15, -0.1) is 0 Å². The number of anilines is 1. The van der Waals surface area contributed by atoms with Crippen molar-refractivity contribution in [3.63, 3.8) is 0 Å². The van der Waals surface area contributed by atoms with E-state index < -0.39 is 78.7 Å². The summed E-state index contributed by atoms with van der Waals surface area (Å²) >= 11 is 0. The van der Waals surface area contributed by atoms with E-state index in [0.29, 0.717) is 24.3 Å². The first-order chi connectivity index (χ1) is 17.4. The van der Waals surface area contributed by atoms with Crippen molar-refractivity contribution < 1.29 is 57.1 Å². The minimum atomic E-state index is -5.22. The summed E-state index contributed by atoms with van der Waals surface area (Å²) in [5, 5.41) is 0. The van der Waals surface area contributed by atoms with Crippen LogP contribution in [0.3, 0.4) is 0 Å². The van der Waals surface area contributed by atoms with E-state index in [1.807, 2.05) is 0 Å². The second-order valence-electron chi connectivity index (χ2n) is 10.2. The van der Waals surface area contributed by atoms with Gasteiger partial charge in [0.2, 0.25) is 0 Å². The number of halogens is 12. The van der Waals surface area contributed by atoms with E-state index in [1.54, 1.807) is 19.6 Å². The van der Waals surface area contributed by atoms with Crippen LogP contribution in [0.25, 0.3) is 0 Å². The Balaban J connectivity index is 2.35. The predicted molar refractivity (Wildman–Crippen MR) is 120 cm³/mol. The van der Waals surface area contributed by atoms with Gasteiger partial charge >= 0.3 is 24.7 Å². The normalized spacial score (nSPS) is 19.6. The fourth-order valence-electron chi connectivity index (χ4n) is 4.44. The van der Waals surface area contributed by atoms with Crippen LogP contribution in [0.15, 0.2) is 36.4 Å². The number of hydrogen-bond donors (Lipinski definition) is 0. The second-order valence-corrected chi connectivity index (χ2v) is 14.8. The number of rotatable bonds is 5. The van der Waals surface area contributed by atoms with Crippen molar-refractivity contribution in [1.29, 1.82) is 0 Å². The number of hydrogen-bond acceptors (Lipinski definition) is 2. The summed E-state index contributed by atoms with van der Waals surface area (Å²) in [6.45, 7) is 4.20. The fraction of sp³-hybridized carbons (Fsp3) is 0.500. The lowest BCUT2D eigenvalue weighted by Gasteiger charge is -2.43. The Bertz CT molecular complexity index is 1130. The molecule has 1 saturated heterocycles. The SMILES string of the molecule is C[Si](C)(C)OC[C@]1(c2cc(C(F)(F)F)cc(C(F)(F)F)c2)CCCN1c1cc(C(F)(F)F)cc(C(F)(F)F)c1. The zero-order valence-corrected chi connectivity index (χ0v) is 21.7. The first-order valence-corrected chi connectivity index (χ1v) is 14.9. The molecule has 3 rings (SSSR count). The monoisotopic (exact) mass is 597 g/mol. The molecule has 0 unspecified atom stereocenters. The quantitative estimate of drug-likeness (QED) is 0.252. The van der Waals surface area contributed by atoms with Crippen LogP contribution < -0.4 is 4.90 Å². The van der Waals surface area contributed by atoms with E-state index in [1.165, 1.54) is 0 Å². The summed E-state index contributed by atoms with van der Waals surface area (Å²) in [6.07, 6.45) is -21.0. The Hall–Kier alpha value is -2.42. The summed E-state index contributed by atoms with van der Waals surface area (Å²) in [5.74, 6) is 0. The van der Waals surface area contributed by atoms with E-state index in [0.717, 1.165) is 4.90 Å². The molecule has 39 heavy (non-hydrogen) atoms. The van der Waals surface area contributed by atoms with E-state index in [2.05, 4.69) is 0 Å². The van der Waals surface area contributed by atoms with Crippen molar-refractivity contribution in [1.82, 2.24) is 0 Å². The highest BCUT2D eigenvalue weighted by Gasteiger charge is 2.48. The van der Waals surface area contributed by atoms with E-state index in [-0.39, 0.29) is 31.5 Å². The Labute approximate surface area is 216 Å². The molecule has 2 aromatic rings. The van der Waals surface area contributed by atoms with Crippen LogP contribution in [-0.2, 0) is 34.7 Å². The minimum absolute atomic E-state index is 0.0459. The molecule has 0 aromatic heterocycles. The van der Waals surface area contributed by atoms with Gasteiger partial charge < -0.3 is 9.33 Å². The van der Waals surface area contributed by atoms with Crippen LogP contribution in [0.5, 0.6) is 0 Å². The van der Waals surface area contributed by atoms with Gasteiger partial charge in [0.15, 0.2) is 8.32 Å². The van der Waals surface area contributed by atoms with Crippen LogP contribution in [0.1, 0.15) is 40.7 Å². The minimum Gasteiger partial charge on any atom is -0.415 e. The lowest BCUT2D eigenvalue weighted by molar-refractivity contribution is -0.144. The van der Waals surface area contributed by atoms with Gasteiger partial charge in [-0.2, -0.15) is 52.7 Å². The first kappa shape index (κ1) is 31.1. The van der Waals surface area contributed by atoms with Crippen LogP contribution in [0, 0.1) is 0 Å². The molecule has 218 valence electrons. The third-order valence-electron chi connectivity index (χ3n) is 6.24. The van der Waals surface area contributed by atoms with E-state index in [9.17, 15) is 52.7 Å². The topological polar surface area (TPSA) is 12.5 Å². The van der Waals surface area contributed by atoms with Crippen LogP contribution in [0.4, 0.5) is 58.4 Å². The molecule has 0 N–H and O–H groups in total. The van der Waals surface area contributed by atoms with E-state index in [4.69, 9.17) is 4.43 Å². The Morgan fingerprint density at radius 3 is 1.41 bits per heavy atom. The highest BCUT2D eigenvalue weighted by molar-refractivity contribution is 6.69. The largest absolute Gasteiger partial charge is 0.416 e. The maximum atomic E-state index is 13.7. The number of alkyl halides is 12. The van der Waals surface area contributed by atoms with Crippen LogP contribution in [0.2, 0.25) is 19.6 Å². The summed E-state index contributed by atoms with van der Waals surface area (Å²) in [6, 6.07) is 1.50. The zero-order valence-electron chi connectivity index (χ0n) is 20.7. The maximum Gasteiger partial charge on any atom is 0.416 e. The highest BCUT2D eigenvalue weighted by atomic mass is 28.4. The molecule has 1 heterocycles. The molecule has 0 amide bonds. The molecule has 2 aromatic carbocycles. The van der Waals surface area contributed by atoms with Crippen molar-refractivity contribution in [3.05, 3.63) is 64.2 Å². The Morgan fingerprint density at radius 2 is 1.05 bits per heavy atom. The second kappa shape index (κ2) is 9.89. The summed E-state index contributed by atoms with van der Waals surface area (Å²) in [4.78, 5) is 0.993. The van der Waals surface area contributed by atoms with Crippen molar-refractivity contribution >= 4 is 14.0 Å².